The number of fused-ring (bicyclic) bond motifs is 5. The smallest absolute Gasteiger partial charge is 0.124 e. The zero-order chi connectivity index (χ0) is 33.7. The standard InChI is InChI=1S/C45H28N4S2/c1-2-8-41-40(7-1)48-45(51-41)33-15-22-38(23-16-33)49(36-18-11-29(12-19-36)35-27-34-6-4-26-50-42(34)28-35)37-20-13-30(14-21-37)39-24-17-32-10-9-31-5-3-25-46-43(31)44(32)47-39/h1-28H. The fourth-order valence-electron chi connectivity index (χ4n) is 6.82. The second-order valence-electron chi connectivity index (χ2n) is 12.5. The van der Waals surface area contributed by atoms with Gasteiger partial charge in [-0.15, -0.1) is 22.7 Å². The highest BCUT2D eigenvalue weighted by molar-refractivity contribution is 7.21. The lowest BCUT2D eigenvalue weighted by molar-refractivity contribution is 1.28. The van der Waals surface area contributed by atoms with Crippen LogP contribution < -0.4 is 4.90 Å². The number of aromatic nitrogens is 3. The van der Waals surface area contributed by atoms with Crippen LogP contribution in [0.3, 0.4) is 0 Å². The third-order valence-electron chi connectivity index (χ3n) is 9.41. The van der Waals surface area contributed by atoms with Crippen molar-refractivity contribution in [3.05, 3.63) is 169 Å². The van der Waals surface area contributed by atoms with Gasteiger partial charge in [-0.25, -0.2) is 9.97 Å². The molecule has 2 aliphatic rings. The Morgan fingerprint density at radius 3 is 1.90 bits per heavy atom. The van der Waals surface area contributed by atoms with E-state index in [1.165, 1.54) is 26.3 Å². The molecule has 3 aromatic heterocycles. The van der Waals surface area contributed by atoms with Crippen LogP contribution in [0, 0.1) is 0 Å². The summed E-state index contributed by atoms with van der Waals surface area (Å²) in [6.45, 7) is 0. The molecule has 8 aromatic rings. The van der Waals surface area contributed by atoms with Crippen molar-refractivity contribution in [1.29, 1.82) is 0 Å². The number of rotatable bonds is 6. The molecule has 4 nitrogen and oxygen atoms in total. The molecular weight excluding hydrogens is 661 g/mol. The van der Waals surface area contributed by atoms with Crippen LogP contribution in [0.25, 0.3) is 75.4 Å². The van der Waals surface area contributed by atoms with Crippen molar-refractivity contribution in [3.8, 4) is 43.4 Å². The van der Waals surface area contributed by atoms with Crippen molar-refractivity contribution < 1.29 is 0 Å². The second-order valence-corrected chi connectivity index (χ2v) is 14.5. The van der Waals surface area contributed by atoms with E-state index in [1.807, 2.05) is 18.3 Å². The summed E-state index contributed by atoms with van der Waals surface area (Å²) in [5.74, 6) is 0. The summed E-state index contributed by atoms with van der Waals surface area (Å²) in [5.41, 5.74) is 12.9. The van der Waals surface area contributed by atoms with E-state index in [9.17, 15) is 0 Å². The predicted octanol–water partition coefficient (Wildman–Crippen LogP) is 13.0. The Bertz CT molecular complexity index is 2690. The first-order valence-corrected chi connectivity index (χ1v) is 18.5. The third kappa shape index (κ3) is 5.42. The second kappa shape index (κ2) is 12.3. The Labute approximate surface area is 302 Å². The number of anilines is 3. The number of hydrogen-bond donors (Lipinski definition) is 0. The lowest BCUT2D eigenvalue weighted by Crippen LogP contribution is -2.09. The molecule has 51 heavy (non-hydrogen) atoms. The maximum Gasteiger partial charge on any atom is 0.124 e. The van der Waals surface area contributed by atoms with E-state index < -0.39 is 0 Å². The highest BCUT2D eigenvalue weighted by Gasteiger charge is 2.16. The fraction of sp³-hybridized carbons (Fsp3) is 0. The van der Waals surface area contributed by atoms with E-state index in [4.69, 9.17) is 9.97 Å². The molecule has 10 rings (SSSR count). The molecule has 0 saturated heterocycles. The highest BCUT2D eigenvalue weighted by atomic mass is 32.1. The van der Waals surface area contributed by atoms with Gasteiger partial charge in [0, 0.05) is 50.0 Å². The SMILES string of the molecule is c1csc2cc(-c3ccc(N(c4ccc(-c5ccc6ccc7cccnc7c6n5)cc4)c4ccc(-c5nc6ccccc6s5)cc4)cc3)cc-2c1. The summed E-state index contributed by atoms with van der Waals surface area (Å²) >= 11 is 3.50. The van der Waals surface area contributed by atoms with Gasteiger partial charge in [0.2, 0.25) is 0 Å². The maximum absolute atomic E-state index is 5.09. The topological polar surface area (TPSA) is 41.9 Å². The molecule has 0 radical (unpaired) electrons. The molecular formula is C45H28N4S2. The van der Waals surface area contributed by atoms with Crippen molar-refractivity contribution in [1.82, 2.24) is 15.0 Å². The largest absolute Gasteiger partial charge is 0.311 e. The molecule has 0 saturated carbocycles. The van der Waals surface area contributed by atoms with E-state index in [0.717, 1.165) is 66.2 Å². The number of benzene rings is 5. The van der Waals surface area contributed by atoms with Gasteiger partial charge in [-0.05, 0) is 107 Å². The van der Waals surface area contributed by atoms with Crippen LogP contribution in [0.2, 0.25) is 0 Å². The first-order valence-electron chi connectivity index (χ1n) is 16.8. The molecule has 0 unspecified atom stereocenters. The number of hydrogen-bond acceptors (Lipinski definition) is 6. The molecule has 0 amide bonds. The summed E-state index contributed by atoms with van der Waals surface area (Å²) in [6.07, 6.45) is 1.83. The van der Waals surface area contributed by atoms with Gasteiger partial charge < -0.3 is 4.90 Å². The first kappa shape index (κ1) is 29.7. The molecule has 0 spiro atoms. The lowest BCUT2D eigenvalue weighted by atomic mass is 10.1. The summed E-state index contributed by atoms with van der Waals surface area (Å²) in [5, 5.41) is 5.33. The quantitative estimate of drug-likeness (QED) is 0.163. The molecule has 240 valence electrons. The Hall–Kier alpha value is -6.21. The minimum absolute atomic E-state index is 0.919. The van der Waals surface area contributed by atoms with E-state index in [0.29, 0.717) is 0 Å². The lowest BCUT2D eigenvalue weighted by Gasteiger charge is -2.26. The molecule has 0 fully saturated rings. The van der Waals surface area contributed by atoms with Crippen molar-refractivity contribution in [2.45, 2.75) is 0 Å². The zero-order valence-corrected chi connectivity index (χ0v) is 28.9. The van der Waals surface area contributed by atoms with E-state index in [2.05, 4.69) is 161 Å². The first-order chi connectivity index (χ1) is 25.2. The monoisotopic (exact) mass is 688 g/mol. The van der Waals surface area contributed by atoms with Crippen LogP contribution in [0.1, 0.15) is 0 Å². The van der Waals surface area contributed by atoms with Crippen LogP contribution in [-0.2, 0) is 0 Å². The minimum Gasteiger partial charge on any atom is -0.311 e. The van der Waals surface area contributed by atoms with Gasteiger partial charge >= 0.3 is 0 Å². The van der Waals surface area contributed by atoms with Gasteiger partial charge in [-0.1, -0.05) is 72.8 Å². The molecule has 1 aliphatic heterocycles. The van der Waals surface area contributed by atoms with E-state index >= 15 is 0 Å². The summed E-state index contributed by atoms with van der Waals surface area (Å²) in [7, 11) is 0. The highest BCUT2D eigenvalue weighted by Crippen LogP contribution is 2.40. The number of para-hydroxylation sites is 1. The molecule has 1 aliphatic carbocycles. The molecule has 4 heterocycles. The fourth-order valence-corrected chi connectivity index (χ4v) is 8.56. The van der Waals surface area contributed by atoms with Gasteiger partial charge in [0.15, 0.2) is 0 Å². The zero-order valence-electron chi connectivity index (χ0n) is 27.3. The maximum atomic E-state index is 5.09. The van der Waals surface area contributed by atoms with Crippen LogP contribution in [0.5, 0.6) is 0 Å². The van der Waals surface area contributed by atoms with Crippen LogP contribution in [0.4, 0.5) is 17.1 Å². The van der Waals surface area contributed by atoms with E-state index in [-0.39, 0.29) is 0 Å². The molecule has 0 atom stereocenters. The summed E-state index contributed by atoms with van der Waals surface area (Å²) < 4.78 is 1.20. The average Bonchev–Trinajstić information content (AvgIpc) is 3.84. The van der Waals surface area contributed by atoms with Gasteiger partial charge in [0.25, 0.3) is 0 Å². The summed E-state index contributed by atoms with van der Waals surface area (Å²) in [4.78, 5) is 18.3. The number of nitrogens with zero attached hydrogens (tertiary/aromatic N) is 4. The van der Waals surface area contributed by atoms with Gasteiger partial charge in [0.05, 0.1) is 26.9 Å². The Morgan fingerprint density at radius 1 is 0.471 bits per heavy atom. The van der Waals surface area contributed by atoms with Crippen molar-refractivity contribution in [2.24, 2.45) is 0 Å². The van der Waals surface area contributed by atoms with Crippen molar-refractivity contribution in [3.63, 3.8) is 0 Å². The molecule has 5 aromatic carbocycles. The van der Waals surface area contributed by atoms with Crippen LogP contribution >= 0.6 is 22.7 Å². The normalized spacial score (nSPS) is 11.5. The number of thiazole rings is 1. The van der Waals surface area contributed by atoms with Crippen LogP contribution in [0.15, 0.2) is 169 Å². The van der Waals surface area contributed by atoms with Crippen molar-refractivity contribution in [2.75, 3.05) is 4.90 Å². The Morgan fingerprint density at radius 2 is 1.16 bits per heavy atom. The van der Waals surface area contributed by atoms with Gasteiger partial charge in [-0.3, -0.25) is 4.98 Å². The molecule has 6 heteroatoms. The molecule has 0 N–H and O–H groups in total. The minimum atomic E-state index is 0.919. The van der Waals surface area contributed by atoms with E-state index in [1.54, 1.807) is 22.7 Å². The van der Waals surface area contributed by atoms with Crippen LogP contribution in [-0.4, -0.2) is 15.0 Å². The molecule has 0 bridgehead atoms. The average molecular weight is 689 g/mol. The van der Waals surface area contributed by atoms with Gasteiger partial charge in [-0.2, -0.15) is 0 Å². The Kier molecular flexibility index (Phi) is 7.15. The Balaban J connectivity index is 1.03. The van der Waals surface area contributed by atoms with Crippen molar-refractivity contribution >= 4 is 71.8 Å². The third-order valence-corrected chi connectivity index (χ3v) is 11.4. The predicted molar refractivity (Wildman–Crippen MR) is 216 cm³/mol. The van der Waals surface area contributed by atoms with Gasteiger partial charge in [0.1, 0.15) is 5.01 Å². The summed E-state index contributed by atoms with van der Waals surface area (Å²) in [6, 6.07) is 56.0. The number of pyridine rings is 2.